The van der Waals surface area contributed by atoms with Crippen molar-refractivity contribution in [3.63, 3.8) is 0 Å². The first-order valence-corrected chi connectivity index (χ1v) is 13.8. The van der Waals surface area contributed by atoms with Crippen molar-refractivity contribution in [1.82, 2.24) is 14.2 Å². The van der Waals surface area contributed by atoms with E-state index in [9.17, 15) is 17.6 Å². The van der Waals surface area contributed by atoms with Crippen LogP contribution in [-0.4, -0.2) is 67.8 Å². The molecule has 2 aliphatic heterocycles. The molecule has 2 fully saturated rings. The van der Waals surface area contributed by atoms with Gasteiger partial charge in [-0.05, 0) is 61.2 Å². The van der Waals surface area contributed by atoms with Crippen LogP contribution in [0.25, 0.3) is 10.2 Å². The van der Waals surface area contributed by atoms with Gasteiger partial charge in [-0.15, -0.1) is 0 Å². The second kappa shape index (κ2) is 9.24. The molecule has 2 aromatic carbocycles. The Bertz CT molecular complexity index is 1290. The summed E-state index contributed by atoms with van der Waals surface area (Å²) in [5.74, 6) is 0.161. The number of carbonyl (C=O) groups excluding carboxylic acids is 1. The number of benzene rings is 2. The number of thiazole rings is 1. The van der Waals surface area contributed by atoms with Crippen LogP contribution in [-0.2, 0) is 10.0 Å². The predicted octanol–water partition coefficient (Wildman–Crippen LogP) is 3.82. The van der Waals surface area contributed by atoms with E-state index in [0.29, 0.717) is 50.7 Å². The fourth-order valence-corrected chi connectivity index (χ4v) is 6.96. The lowest BCUT2D eigenvalue weighted by Gasteiger charge is -2.34. The molecule has 0 radical (unpaired) electrons. The highest BCUT2D eigenvalue weighted by Crippen LogP contribution is 2.30. The molecule has 2 saturated heterocycles. The summed E-state index contributed by atoms with van der Waals surface area (Å²) >= 11 is 1.45. The standard InChI is InChI=1S/C24H27FN4O3S2/c1-17-8-10-29(11-9-17)34(31,32)20-5-2-18(3-6-20)23(30)27-12-14-28(15-13-27)24-26-21-7-4-19(25)16-22(21)33-24/h2-7,16-17H,8-15H2,1H3. The summed E-state index contributed by atoms with van der Waals surface area (Å²) in [6, 6.07) is 10.9. The number of amides is 1. The first-order valence-electron chi connectivity index (χ1n) is 11.5. The number of hydrogen-bond donors (Lipinski definition) is 0. The van der Waals surface area contributed by atoms with Crippen LogP contribution in [0, 0.1) is 11.7 Å². The molecule has 3 heterocycles. The van der Waals surface area contributed by atoms with Gasteiger partial charge >= 0.3 is 0 Å². The Hall–Kier alpha value is -2.56. The lowest BCUT2D eigenvalue weighted by Crippen LogP contribution is -2.48. The number of anilines is 1. The summed E-state index contributed by atoms with van der Waals surface area (Å²) in [4.78, 5) is 21.7. The quantitative estimate of drug-likeness (QED) is 0.542. The maximum absolute atomic E-state index is 13.5. The van der Waals surface area contributed by atoms with Crippen LogP contribution in [0.5, 0.6) is 0 Å². The van der Waals surface area contributed by atoms with E-state index in [1.165, 1.54) is 35.6 Å². The first-order chi connectivity index (χ1) is 16.3. The molecule has 3 aromatic rings. The number of halogens is 1. The van der Waals surface area contributed by atoms with E-state index in [0.717, 1.165) is 28.2 Å². The predicted molar refractivity (Wildman–Crippen MR) is 131 cm³/mol. The van der Waals surface area contributed by atoms with E-state index < -0.39 is 10.0 Å². The number of piperidine rings is 1. The van der Waals surface area contributed by atoms with Gasteiger partial charge in [0.05, 0.1) is 15.1 Å². The van der Waals surface area contributed by atoms with Gasteiger partial charge in [-0.2, -0.15) is 4.31 Å². The SMILES string of the molecule is CC1CCN(S(=O)(=O)c2ccc(C(=O)N3CCN(c4nc5ccc(F)cc5s4)CC3)cc2)CC1. The van der Waals surface area contributed by atoms with Crippen LogP contribution in [0.4, 0.5) is 9.52 Å². The summed E-state index contributed by atoms with van der Waals surface area (Å²) in [5.41, 5.74) is 1.25. The maximum atomic E-state index is 13.5. The van der Waals surface area contributed by atoms with Gasteiger partial charge in [0.15, 0.2) is 5.13 Å². The molecule has 2 aliphatic rings. The topological polar surface area (TPSA) is 73.8 Å². The van der Waals surface area contributed by atoms with Gasteiger partial charge in [-0.25, -0.2) is 17.8 Å². The lowest BCUT2D eigenvalue weighted by molar-refractivity contribution is 0.0746. The zero-order chi connectivity index (χ0) is 23.9. The Morgan fingerprint density at radius 2 is 1.68 bits per heavy atom. The Labute approximate surface area is 202 Å². The van der Waals surface area contributed by atoms with E-state index in [4.69, 9.17) is 0 Å². The molecule has 0 saturated carbocycles. The minimum Gasteiger partial charge on any atom is -0.345 e. The molecule has 7 nitrogen and oxygen atoms in total. The number of piperazine rings is 1. The normalized spacial score (nSPS) is 18.5. The molecule has 1 amide bonds. The summed E-state index contributed by atoms with van der Waals surface area (Å²) in [5, 5.41) is 0.828. The second-order valence-corrected chi connectivity index (χ2v) is 11.9. The van der Waals surface area contributed by atoms with Crippen molar-refractivity contribution < 1.29 is 17.6 Å². The van der Waals surface area contributed by atoms with E-state index in [1.807, 2.05) is 0 Å². The average molecular weight is 503 g/mol. The van der Waals surface area contributed by atoms with Crippen LogP contribution in [0.1, 0.15) is 30.1 Å². The van der Waals surface area contributed by atoms with Gasteiger partial charge in [-0.1, -0.05) is 18.3 Å². The molecule has 180 valence electrons. The molecule has 0 aliphatic carbocycles. The largest absolute Gasteiger partial charge is 0.345 e. The summed E-state index contributed by atoms with van der Waals surface area (Å²) in [6.07, 6.45) is 1.74. The molecular formula is C24H27FN4O3S2. The molecular weight excluding hydrogens is 475 g/mol. The molecule has 34 heavy (non-hydrogen) atoms. The van der Waals surface area contributed by atoms with Crippen LogP contribution >= 0.6 is 11.3 Å². The Morgan fingerprint density at radius 3 is 2.35 bits per heavy atom. The minimum atomic E-state index is -3.53. The summed E-state index contributed by atoms with van der Waals surface area (Å²) < 4.78 is 41.7. The van der Waals surface area contributed by atoms with Crippen molar-refractivity contribution in [2.24, 2.45) is 5.92 Å². The van der Waals surface area contributed by atoms with Crippen molar-refractivity contribution in [3.8, 4) is 0 Å². The van der Waals surface area contributed by atoms with Crippen molar-refractivity contribution in [1.29, 1.82) is 0 Å². The van der Waals surface area contributed by atoms with Crippen molar-refractivity contribution in [3.05, 3.63) is 53.8 Å². The molecule has 5 rings (SSSR count). The van der Waals surface area contributed by atoms with Crippen LogP contribution in [0.2, 0.25) is 0 Å². The van der Waals surface area contributed by atoms with Crippen molar-refractivity contribution >= 4 is 42.6 Å². The third-order valence-electron chi connectivity index (χ3n) is 6.66. The van der Waals surface area contributed by atoms with Crippen LogP contribution < -0.4 is 4.90 Å². The zero-order valence-electron chi connectivity index (χ0n) is 19.0. The smallest absolute Gasteiger partial charge is 0.253 e. The van der Waals surface area contributed by atoms with E-state index in [2.05, 4.69) is 16.8 Å². The highest BCUT2D eigenvalue weighted by molar-refractivity contribution is 7.89. The average Bonchev–Trinajstić information content (AvgIpc) is 3.27. The third-order valence-corrected chi connectivity index (χ3v) is 9.65. The van der Waals surface area contributed by atoms with E-state index >= 15 is 0 Å². The number of carbonyl (C=O) groups is 1. The fraction of sp³-hybridized carbons (Fsp3) is 0.417. The van der Waals surface area contributed by atoms with Gasteiger partial charge in [0, 0.05) is 44.8 Å². The number of sulfonamides is 1. The minimum absolute atomic E-state index is 0.109. The molecule has 0 spiro atoms. The third kappa shape index (κ3) is 4.54. The highest BCUT2D eigenvalue weighted by atomic mass is 32.2. The van der Waals surface area contributed by atoms with Crippen molar-refractivity contribution in [2.75, 3.05) is 44.2 Å². The van der Waals surface area contributed by atoms with Crippen LogP contribution in [0.15, 0.2) is 47.4 Å². The summed E-state index contributed by atoms with van der Waals surface area (Å²) in [7, 11) is -3.53. The number of nitrogens with zero attached hydrogens (tertiary/aromatic N) is 4. The van der Waals surface area contributed by atoms with Gasteiger partial charge in [-0.3, -0.25) is 4.79 Å². The summed E-state index contributed by atoms with van der Waals surface area (Å²) in [6.45, 7) is 5.56. The number of aromatic nitrogens is 1. The highest BCUT2D eigenvalue weighted by Gasteiger charge is 2.29. The fourth-order valence-electron chi connectivity index (χ4n) is 4.45. The van der Waals surface area contributed by atoms with E-state index in [-0.39, 0.29) is 16.6 Å². The molecule has 0 unspecified atom stereocenters. The number of fused-ring (bicyclic) bond motifs is 1. The Morgan fingerprint density at radius 1 is 1.00 bits per heavy atom. The second-order valence-electron chi connectivity index (χ2n) is 9.00. The molecule has 0 bridgehead atoms. The molecule has 10 heteroatoms. The molecule has 0 atom stereocenters. The first kappa shape index (κ1) is 23.2. The van der Waals surface area contributed by atoms with Gasteiger partial charge in [0.1, 0.15) is 5.82 Å². The lowest BCUT2D eigenvalue weighted by atomic mass is 10.0. The van der Waals surface area contributed by atoms with Crippen molar-refractivity contribution in [2.45, 2.75) is 24.7 Å². The zero-order valence-corrected chi connectivity index (χ0v) is 20.6. The van der Waals surface area contributed by atoms with Crippen LogP contribution in [0.3, 0.4) is 0 Å². The monoisotopic (exact) mass is 502 g/mol. The Balaban J connectivity index is 1.22. The van der Waals surface area contributed by atoms with Gasteiger partial charge in [0.2, 0.25) is 10.0 Å². The van der Waals surface area contributed by atoms with Gasteiger partial charge < -0.3 is 9.80 Å². The van der Waals surface area contributed by atoms with Gasteiger partial charge in [0.25, 0.3) is 5.91 Å². The number of hydrogen-bond acceptors (Lipinski definition) is 6. The molecule has 0 N–H and O–H groups in total. The maximum Gasteiger partial charge on any atom is 0.253 e. The number of rotatable bonds is 4. The Kier molecular flexibility index (Phi) is 6.30. The van der Waals surface area contributed by atoms with E-state index in [1.54, 1.807) is 27.4 Å². The molecule has 1 aromatic heterocycles.